The van der Waals surface area contributed by atoms with Crippen LogP contribution in [0.4, 0.5) is 0 Å². The van der Waals surface area contributed by atoms with E-state index < -0.39 is 0 Å². The lowest BCUT2D eigenvalue weighted by molar-refractivity contribution is 0.121. The van der Waals surface area contributed by atoms with Crippen molar-refractivity contribution in [2.24, 2.45) is 5.90 Å². The molecule has 2 N–H and O–H groups in total. The normalized spacial score (nSPS) is 10.3. The van der Waals surface area contributed by atoms with Crippen LogP contribution in [0.3, 0.4) is 0 Å². The number of nitrogens with two attached hydrogens (primary N) is 1. The Morgan fingerprint density at radius 1 is 1.31 bits per heavy atom. The topological polar surface area (TPSA) is 53.7 Å². The Bertz CT molecular complexity index is 369. The minimum absolute atomic E-state index is 0.272. The minimum Gasteiger partial charge on any atom is -0.493 e. The van der Waals surface area contributed by atoms with Crippen molar-refractivity contribution in [2.75, 3.05) is 14.2 Å². The molecule has 4 nitrogen and oxygen atoms in total. The molecule has 0 radical (unpaired) electrons. The Balaban J connectivity index is 3.38. The third kappa shape index (κ3) is 2.48. The Morgan fingerprint density at radius 2 is 2.00 bits per heavy atom. The first kappa shape index (κ1) is 13.3. The molecule has 0 bridgehead atoms. The average Bonchev–Trinajstić information content (AvgIpc) is 2.31. The number of rotatable bonds is 5. The zero-order valence-corrected chi connectivity index (χ0v) is 11.3. The molecule has 0 atom stereocenters. The van der Waals surface area contributed by atoms with Gasteiger partial charge in [-0.3, -0.25) is 4.84 Å². The van der Waals surface area contributed by atoms with E-state index in [4.69, 9.17) is 15.4 Å². The van der Waals surface area contributed by atoms with Crippen LogP contribution in [-0.2, 0) is 17.9 Å². The molecule has 0 spiro atoms. The van der Waals surface area contributed by atoms with Crippen LogP contribution in [0.25, 0.3) is 0 Å². The second kappa shape index (κ2) is 6.08. The Hall–Kier alpha value is -0.780. The maximum absolute atomic E-state index is 5.31. The molecule has 0 fully saturated rings. The predicted octanol–water partition coefficient (Wildman–Crippen LogP) is 2.42. The number of methoxy groups -OCH3 is 2. The average molecular weight is 290 g/mol. The summed E-state index contributed by atoms with van der Waals surface area (Å²) in [6, 6.07) is 1.95. The molecule has 1 aromatic carbocycles. The van der Waals surface area contributed by atoms with Crippen molar-refractivity contribution in [1.82, 2.24) is 0 Å². The van der Waals surface area contributed by atoms with E-state index in [0.29, 0.717) is 11.5 Å². The molecule has 1 rings (SSSR count). The van der Waals surface area contributed by atoms with Crippen LogP contribution in [-0.4, -0.2) is 14.2 Å². The molecule has 0 heterocycles. The van der Waals surface area contributed by atoms with Gasteiger partial charge in [-0.2, -0.15) is 0 Å². The van der Waals surface area contributed by atoms with E-state index in [-0.39, 0.29) is 6.61 Å². The van der Waals surface area contributed by atoms with E-state index in [2.05, 4.69) is 27.7 Å². The number of benzene rings is 1. The number of halogens is 1. The van der Waals surface area contributed by atoms with E-state index in [1.807, 2.05) is 6.07 Å². The van der Waals surface area contributed by atoms with Crippen molar-refractivity contribution in [3.05, 3.63) is 21.7 Å². The molecule has 0 unspecified atom stereocenters. The van der Waals surface area contributed by atoms with Crippen molar-refractivity contribution in [1.29, 1.82) is 0 Å². The number of aryl methyl sites for hydroxylation is 1. The van der Waals surface area contributed by atoms with Gasteiger partial charge in [0.1, 0.15) is 0 Å². The van der Waals surface area contributed by atoms with Gasteiger partial charge < -0.3 is 9.47 Å². The van der Waals surface area contributed by atoms with Gasteiger partial charge in [-0.25, -0.2) is 5.90 Å². The number of hydrogen-bond acceptors (Lipinski definition) is 4. The lowest BCUT2D eigenvalue weighted by Crippen LogP contribution is -2.05. The standard InChI is InChI=1S/C11H16BrNO3/c1-4-7-5-9(14-2)11(15-3)8(6-16-13)10(7)12/h5H,4,6,13H2,1-3H3. The Labute approximate surface area is 104 Å². The zero-order valence-electron chi connectivity index (χ0n) is 9.67. The lowest BCUT2D eigenvalue weighted by atomic mass is 10.1. The minimum atomic E-state index is 0.272. The third-order valence-electron chi connectivity index (χ3n) is 2.38. The van der Waals surface area contributed by atoms with Crippen LogP contribution in [0.15, 0.2) is 10.5 Å². The predicted molar refractivity (Wildman–Crippen MR) is 65.6 cm³/mol. The molecule has 16 heavy (non-hydrogen) atoms. The highest BCUT2D eigenvalue weighted by atomic mass is 79.9. The molecule has 0 aromatic heterocycles. The molecular weight excluding hydrogens is 274 g/mol. The molecule has 0 aliphatic heterocycles. The number of ether oxygens (including phenoxy) is 2. The van der Waals surface area contributed by atoms with Crippen LogP contribution >= 0.6 is 15.9 Å². The van der Waals surface area contributed by atoms with Gasteiger partial charge in [0.2, 0.25) is 0 Å². The van der Waals surface area contributed by atoms with Crippen molar-refractivity contribution in [3.8, 4) is 11.5 Å². The van der Waals surface area contributed by atoms with Gasteiger partial charge in [0.05, 0.1) is 20.8 Å². The summed E-state index contributed by atoms with van der Waals surface area (Å²) < 4.78 is 11.5. The molecule has 5 heteroatoms. The quantitative estimate of drug-likeness (QED) is 0.846. The summed E-state index contributed by atoms with van der Waals surface area (Å²) in [5, 5.41) is 0. The summed E-state index contributed by atoms with van der Waals surface area (Å²) in [6.07, 6.45) is 0.887. The first-order chi connectivity index (χ1) is 7.69. The monoisotopic (exact) mass is 289 g/mol. The first-order valence-electron chi connectivity index (χ1n) is 4.93. The molecule has 0 amide bonds. The second-order valence-electron chi connectivity index (χ2n) is 3.23. The summed E-state index contributed by atoms with van der Waals surface area (Å²) in [5.41, 5.74) is 1.99. The fourth-order valence-corrected chi connectivity index (χ4v) is 2.26. The van der Waals surface area contributed by atoms with Crippen molar-refractivity contribution in [3.63, 3.8) is 0 Å². The maximum Gasteiger partial charge on any atom is 0.167 e. The highest BCUT2D eigenvalue weighted by Gasteiger charge is 2.17. The summed E-state index contributed by atoms with van der Waals surface area (Å²) in [4.78, 5) is 4.68. The smallest absolute Gasteiger partial charge is 0.167 e. The van der Waals surface area contributed by atoms with Crippen molar-refractivity contribution >= 4 is 15.9 Å². The van der Waals surface area contributed by atoms with Gasteiger partial charge in [-0.05, 0) is 34.0 Å². The van der Waals surface area contributed by atoms with E-state index in [1.54, 1.807) is 14.2 Å². The third-order valence-corrected chi connectivity index (χ3v) is 3.37. The van der Waals surface area contributed by atoms with E-state index in [9.17, 15) is 0 Å². The van der Waals surface area contributed by atoms with Crippen LogP contribution in [0.1, 0.15) is 18.1 Å². The molecular formula is C11H16BrNO3. The molecule has 0 aliphatic rings. The largest absolute Gasteiger partial charge is 0.493 e. The van der Waals surface area contributed by atoms with Crippen LogP contribution < -0.4 is 15.4 Å². The molecule has 0 saturated heterocycles. The van der Waals surface area contributed by atoms with Crippen LogP contribution in [0, 0.1) is 0 Å². The zero-order chi connectivity index (χ0) is 12.1. The van der Waals surface area contributed by atoms with E-state index >= 15 is 0 Å². The van der Waals surface area contributed by atoms with Gasteiger partial charge in [0, 0.05) is 10.0 Å². The summed E-state index contributed by atoms with van der Waals surface area (Å²) >= 11 is 3.53. The number of hydrogen-bond donors (Lipinski definition) is 1. The molecule has 1 aromatic rings. The van der Waals surface area contributed by atoms with Gasteiger partial charge >= 0.3 is 0 Å². The fraction of sp³-hybridized carbons (Fsp3) is 0.455. The lowest BCUT2D eigenvalue weighted by Gasteiger charge is -2.16. The van der Waals surface area contributed by atoms with Crippen molar-refractivity contribution in [2.45, 2.75) is 20.0 Å². The van der Waals surface area contributed by atoms with Crippen LogP contribution in [0.2, 0.25) is 0 Å². The second-order valence-corrected chi connectivity index (χ2v) is 4.02. The maximum atomic E-state index is 5.31. The highest BCUT2D eigenvalue weighted by molar-refractivity contribution is 9.10. The van der Waals surface area contributed by atoms with Gasteiger partial charge in [0.25, 0.3) is 0 Å². The van der Waals surface area contributed by atoms with Crippen molar-refractivity contribution < 1.29 is 14.3 Å². The van der Waals surface area contributed by atoms with Gasteiger partial charge in [0.15, 0.2) is 11.5 Å². The molecule has 0 aliphatic carbocycles. The highest BCUT2D eigenvalue weighted by Crippen LogP contribution is 2.39. The van der Waals surface area contributed by atoms with Crippen LogP contribution in [0.5, 0.6) is 11.5 Å². The molecule has 90 valence electrons. The summed E-state index contributed by atoms with van der Waals surface area (Å²) in [7, 11) is 3.20. The fourth-order valence-electron chi connectivity index (χ4n) is 1.57. The van der Waals surface area contributed by atoms with E-state index in [0.717, 1.165) is 22.0 Å². The van der Waals surface area contributed by atoms with E-state index in [1.165, 1.54) is 0 Å². The molecule has 0 saturated carbocycles. The summed E-state index contributed by atoms with van der Waals surface area (Å²) in [6.45, 7) is 2.34. The van der Waals surface area contributed by atoms with Gasteiger partial charge in [-0.15, -0.1) is 0 Å². The first-order valence-corrected chi connectivity index (χ1v) is 5.72. The Kier molecular flexibility index (Phi) is 5.05. The van der Waals surface area contributed by atoms with Gasteiger partial charge in [-0.1, -0.05) is 6.92 Å². The summed E-state index contributed by atoms with van der Waals surface area (Å²) in [5.74, 6) is 6.46. The SMILES string of the molecule is CCc1cc(OC)c(OC)c(CON)c1Br. The Morgan fingerprint density at radius 3 is 2.44 bits per heavy atom.